The van der Waals surface area contributed by atoms with E-state index in [9.17, 15) is 26.3 Å². The van der Waals surface area contributed by atoms with E-state index >= 15 is 0 Å². The Kier molecular flexibility index (Phi) is 3.28. The third-order valence-electron chi connectivity index (χ3n) is 2.31. The van der Waals surface area contributed by atoms with Crippen LogP contribution in [-0.4, -0.2) is 16.0 Å². The predicted molar refractivity (Wildman–Crippen MR) is 58.5 cm³/mol. The van der Waals surface area contributed by atoms with Gasteiger partial charge in [0.05, 0.1) is 5.52 Å². The molecule has 2 aromatic rings. The maximum Gasteiger partial charge on any atom is 0.435 e. The summed E-state index contributed by atoms with van der Waals surface area (Å²) in [6, 6.07) is 3.57. The SMILES string of the molecule is FC(F)(F)Cn1nc(C(F)(F)F)c2ccc(Br)cc21. The summed E-state index contributed by atoms with van der Waals surface area (Å²) in [5.74, 6) is 0. The highest BCUT2D eigenvalue weighted by molar-refractivity contribution is 9.10. The number of halogens is 7. The van der Waals surface area contributed by atoms with Gasteiger partial charge in [0.1, 0.15) is 6.54 Å². The number of hydrogen-bond donors (Lipinski definition) is 0. The van der Waals surface area contributed by atoms with Crippen molar-refractivity contribution in [3.63, 3.8) is 0 Å². The van der Waals surface area contributed by atoms with Crippen LogP contribution in [0.2, 0.25) is 0 Å². The number of benzene rings is 1. The van der Waals surface area contributed by atoms with Gasteiger partial charge in [-0.1, -0.05) is 15.9 Å². The Morgan fingerprint density at radius 2 is 1.74 bits per heavy atom. The second kappa shape index (κ2) is 4.39. The zero-order chi connectivity index (χ0) is 14.4. The van der Waals surface area contributed by atoms with E-state index in [1.54, 1.807) is 0 Å². The van der Waals surface area contributed by atoms with Crippen molar-refractivity contribution in [1.29, 1.82) is 0 Å². The smallest absolute Gasteiger partial charge is 0.255 e. The first-order chi connectivity index (χ1) is 8.58. The van der Waals surface area contributed by atoms with Gasteiger partial charge >= 0.3 is 12.4 Å². The first-order valence-electron chi connectivity index (χ1n) is 4.88. The lowest BCUT2D eigenvalue weighted by molar-refractivity contribution is -0.148. The fourth-order valence-corrected chi connectivity index (χ4v) is 2.00. The van der Waals surface area contributed by atoms with Gasteiger partial charge in [-0.3, -0.25) is 4.68 Å². The molecule has 0 aliphatic carbocycles. The number of aromatic nitrogens is 2. The second-order valence-corrected chi connectivity index (χ2v) is 4.70. The van der Waals surface area contributed by atoms with Crippen LogP contribution in [0.15, 0.2) is 22.7 Å². The van der Waals surface area contributed by atoms with Crippen LogP contribution in [0, 0.1) is 0 Å². The Morgan fingerprint density at radius 1 is 1.11 bits per heavy atom. The molecule has 0 N–H and O–H groups in total. The molecule has 0 unspecified atom stereocenters. The Labute approximate surface area is 111 Å². The fourth-order valence-electron chi connectivity index (χ4n) is 1.65. The molecular weight excluding hydrogens is 342 g/mol. The van der Waals surface area contributed by atoms with E-state index in [4.69, 9.17) is 0 Å². The summed E-state index contributed by atoms with van der Waals surface area (Å²) in [4.78, 5) is 0. The molecule has 19 heavy (non-hydrogen) atoms. The second-order valence-electron chi connectivity index (χ2n) is 3.78. The lowest BCUT2D eigenvalue weighted by atomic mass is 10.2. The van der Waals surface area contributed by atoms with Gasteiger partial charge in [-0.2, -0.15) is 31.4 Å². The minimum absolute atomic E-state index is 0.223. The van der Waals surface area contributed by atoms with Crippen molar-refractivity contribution in [3.8, 4) is 0 Å². The number of rotatable bonds is 1. The van der Waals surface area contributed by atoms with E-state index < -0.39 is 24.6 Å². The van der Waals surface area contributed by atoms with Crippen LogP contribution in [0.1, 0.15) is 5.69 Å². The molecule has 2 rings (SSSR count). The molecule has 1 aromatic carbocycles. The van der Waals surface area contributed by atoms with Crippen molar-refractivity contribution >= 4 is 26.8 Å². The van der Waals surface area contributed by atoms with Gasteiger partial charge in [0.2, 0.25) is 0 Å². The summed E-state index contributed by atoms with van der Waals surface area (Å²) >= 11 is 3.00. The maximum absolute atomic E-state index is 12.7. The first kappa shape index (κ1) is 14.2. The molecule has 0 bridgehead atoms. The summed E-state index contributed by atoms with van der Waals surface area (Å²) in [5.41, 5.74) is -1.54. The molecule has 0 spiro atoms. The van der Waals surface area contributed by atoms with Crippen molar-refractivity contribution in [2.24, 2.45) is 0 Å². The quantitative estimate of drug-likeness (QED) is 0.700. The molecule has 0 fully saturated rings. The van der Waals surface area contributed by atoms with E-state index in [-0.39, 0.29) is 10.9 Å². The molecule has 9 heteroatoms. The summed E-state index contributed by atoms with van der Waals surface area (Å²) in [5, 5.41) is 2.68. The molecule has 2 nitrogen and oxygen atoms in total. The van der Waals surface area contributed by atoms with Crippen molar-refractivity contribution in [1.82, 2.24) is 9.78 Å². The van der Waals surface area contributed by atoms with Gasteiger partial charge in [-0.05, 0) is 18.2 Å². The highest BCUT2D eigenvalue weighted by atomic mass is 79.9. The first-order valence-corrected chi connectivity index (χ1v) is 5.67. The van der Waals surface area contributed by atoms with Gasteiger partial charge in [0, 0.05) is 9.86 Å². The van der Waals surface area contributed by atoms with E-state index in [0.29, 0.717) is 9.15 Å². The minimum Gasteiger partial charge on any atom is -0.255 e. The van der Waals surface area contributed by atoms with Crippen LogP contribution < -0.4 is 0 Å². The normalized spacial score (nSPS) is 13.2. The van der Waals surface area contributed by atoms with Gasteiger partial charge in [0.25, 0.3) is 0 Å². The largest absolute Gasteiger partial charge is 0.435 e. The molecule has 0 saturated carbocycles. The van der Waals surface area contributed by atoms with Crippen LogP contribution in [0.3, 0.4) is 0 Å². The molecule has 1 heterocycles. The molecule has 0 amide bonds. The average Bonchev–Trinajstić information content (AvgIpc) is 2.54. The van der Waals surface area contributed by atoms with Crippen LogP contribution in [0.4, 0.5) is 26.3 Å². The van der Waals surface area contributed by atoms with E-state index in [1.807, 2.05) is 0 Å². The third kappa shape index (κ3) is 3.02. The van der Waals surface area contributed by atoms with Crippen LogP contribution >= 0.6 is 15.9 Å². The summed E-state index contributed by atoms with van der Waals surface area (Å²) in [6.07, 6.45) is -9.45. The van der Waals surface area contributed by atoms with Crippen molar-refractivity contribution in [3.05, 3.63) is 28.4 Å². The number of nitrogens with zero attached hydrogens (tertiary/aromatic N) is 2. The molecule has 0 saturated heterocycles. The van der Waals surface area contributed by atoms with E-state index in [0.717, 1.165) is 6.07 Å². The summed E-state index contributed by atoms with van der Waals surface area (Å²) in [6.45, 7) is -1.57. The van der Waals surface area contributed by atoms with Crippen molar-refractivity contribution < 1.29 is 26.3 Å². The standard InChI is InChI=1S/C10H5BrF6N2/c11-5-1-2-6-7(3-5)19(4-9(12,13)14)18-8(6)10(15,16)17/h1-3H,4H2. The van der Waals surface area contributed by atoms with Gasteiger partial charge < -0.3 is 0 Å². The third-order valence-corrected chi connectivity index (χ3v) is 2.80. The van der Waals surface area contributed by atoms with Gasteiger partial charge in [-0.25, -0.2) is 0 Å². The lowest BCUT2D eigenvalue weighted by Gasteiger charge is -2.07. The summed E-state index contributed by atoms with van der Waals surface area (Å²) in [7, 11) is 0. The Bertz CT molecular complexity index is 613. The van der Waals surface area contributed by atoms with Crippen molar-refractivity contribution in [2.45, 2.75) is 18.9 Å². The van der Waals surface area contributed by atoms with E-state index in [1.165, 1.54) is 12.1 Å². The molecule has 0 atom stereocenters. The summed E-state index contributed by atoms with van der Waals surface area (Å²) < 4.78 is 75.7. The molecule has 0 aliphatic rings. The highest BCUT2D eigenvalue weighted by Crippen LogP contribution is 2.35. The van der Waals surface area contributed by atoms with Crippen LogP contribution in [0.25, 0.3) is 10.9 Å². The Hall–Kier alpha value is -1.25. The predicted octanol–water partition coefficient (Wildman–Crippen LogP) is 4.38. The minimum atomic E-state index is -4.80. The lowest BCUT2D eigenvalue weighted by Crippen LogP contribution is -2.19. The topological polar surface area (TPSA) is 17.8 Å². The molecule has 0 radical (unpaired) electrons. The van der Waals surface area contributed by atoms with Crippen LogP contribution in [0.5, 0.6) is 0 Å². The van der Waals surface area contributed by atoms with Crippen molar-refractivity contribution in [2.75, 3.05) is 0 Å². The molecule has 1 aromatic heterocycles. The molecular formula is C10H5BrF6N2. The fraction of sp³-hybridized carbons (Fsp3) is 0.300. The Morgan fingerprint density at radius 3 is 2.26 bits per heavy atom. The van der Waals surface area contributed by atoms with Gasteiger partial charge in [-0.15, -0.1) is 0 Å². The van der Waals surface area contributed by atoms with Gasteiger partial charge in [0.15, 0.2) is 5.69 Å². The number of alkyl halides is 6. The highest BCUT2D eigenvalue weighted by Gasteiger charge is 2.38. The average molecular weight is 347 g/mol. The monoisotopic (exact) mass is 346 g/mol. The zero-order valence-corrected chi connectivity index (χ0v) is 10.6. The number of hydrogen-bond acceptors (Lipinski definition) is 1. The van der Waals surface area contributed by atoms with Crippen LogP contribution in [-0.2, 0) is 12.7 Å². The maximum atomic E-state index is 12.7. The molecule has 104 valence electrons. The number of fused-ring (bicyclic) bond motifs is 1. The zero-order valence-electron chi connectivity index (χ0n) is 8.98. The molecule has 0 aliphatic heterocycles. The van der Waals surface area contributed by atoms with E-state index in [2.05, 4.69) is 21.0 Å². The Balaban J connectivity index is 2.67.